The monoisotopic (exact) mass is 286 g/mol. The predicted octanol–water partition coefficient (Wildman–Crippen LogP) is 0.793. The minimum atomic E-state index is -3.05. The summed E-state index contributed by atoms with van der Waals surface area (Å²) in [6, 6.07) is 4.80. The molecule has 0 atom stereocenters. The standard InChI is InChI=1S/C12H18N2O4S/c1-3-19(15,16)7-6-18-10-5-4-9(12(13)14)8-11(10)17-2/h4-5,8H,3,6-7H2,1-2H3,(H3,13,14). The van der Waals surface area contributed by atoms with E-state index in [1.807, 2.05) is 0 Å². The van der Waals surface area contributed by atoms with Gasteiger partial charge in [-0.15, -0.1) is 0 Å². The van der Waals surface area contributed by atoms with Crippen molar-refractivity contribution in [3.63, 3.8) is 0 Å². The van der Waals surface area contributed by atoms with Crippen molar-refractivity contribution in [2.75, 3.05) is 25.2 Å². The molecule has 106 valence electrons. The lowest BCUT2D eigenvalue weighted by Gasteiger charge is -2.11. The van der Waals surface area contributed by atoms with E-state index in [0.717, 1.165) is 0 Å². The van der Waals surface area contributed by atoms with Crippen LogP contribution in [0.4, 0.5) is 0 Å². The van der Waals surface area contributed by atoms with Gasteiger partial charge in [-0.25, -0.2) is 8.42 Å². The molecule has 0 heterocycles. The first-order valence-electron chi connectivity index (χ1n) is 5.75. The lowest BCUT2D eigenvalue weighted by molar-refractivity contribution is 0.311. The van der Waals surface area contributed by atoms with Crippen molar-refractivity contribution in [3.05, 3.63) is 23.8 Å². The van der Waals surface area contributed by atoms with Gasteiger partial charge < -0.3 is 15.2 Å². The fourth-order valence-corrected chi connectivity index (χ4v) is 2.00. The fraction of sp³-hybridized carbons (Fsp3) is 0.417. The molecule has 7 heteroatoms. The van der Waals surface area contributed by atoms with E-state index < -0.39 is 9.84 Å². The molecule has 0 saturated heterocycles. The molecule has 0 aliphatic rings. The summed E-state index contributed by atoms with van der Waals surface area (Å²) < 4.78 is 33.2. The average Bonchev–Trinajstić information content (AvgIpc) is 2.38. The van der Waals surface area contributed by atoms with E-state index in [1.165, 1.54) is 7.11 Å². The summed E-state index contributed by atoms with van der Waals surface area (Å²) in [6.45, 7) is 1.66. The lowest BCUT2D eigenvalue weighted by Crippen LogP contribution is -2.16. The summed E-state index contributed by atoms with van der Waals surface area (Å²) >= 11 is 0. The van der Waals surface area contributed by atoms with Crippen LogP contribution in [0.1, 0.15) is 12.5 Å². The van der Waals surface area contributed by atoms with Crippen LogP contribution in [0.25, 0.3) is 0 Å². The zero-order chi connectivity index (χ0) is 14.5. The topological polar surface area (TPSA) is 102 Å². The highest BCUT2D eigenvalue weighted by Gasteiger charge is 2.10. The Hall–Kier alpha value is -1.76. The van der Waals surface area contributed by atoms with E-state index in [4.69, 9.17) is 20.6 Å². The number of ether oxygens (including phenoxy) is 2. The van der Waals surface area contributed by atoms with Crippen LogP contribution < -0.4 is 15.2 Å². The summed E-state index contributed by atoms with van der Waals surface area (Å²) in [4.78, 5) is 0. The summed E-state index contributed by atoms with van der Waals surface area (Å²) in [6.07, 6.45) is 0. The van der Waals surface area contributed by atoms with Crippen LogP contribution in [-0.2, 0) is 9.84 Å². The first-order valence-corrected chi connectivity index (χ1v) is 7.57. The second-order valence-electron chi connectivity index (χ2n) is 3.86. The quantitative estimate of drug-likeness (QED) is 0.570. The third kappa shape index (κ3) is 4.44. The van der Waals surface area contributed by atoms with Crippen LogP contribution in [0.3, 0.4) is 0 Å². The van der Waals surface area contributed by atoms with Gasteiger partial charge in [-0.1, -0.05) is 6.92 Å². The zero-order valence-corrected chi connectivity index (χ0v) is 11.8. The molecular formula is C12H18N2O4S. The van der Waals surface area contributed by atoms with Crippen LogP contribution in [0.15, 0.2) is 18.2 Å². The Kier molecular flexibility index (Phi) is 5.17. The van der Waals surface area contributed by atoms with Gasteiger partial charge in [0.15, 0.2) is 21.3 Å². The molecule has 0 amide bonds. The fourth-order valence-electron chi connectivity index (χ4n) is 1.38. The van der Waals surface area contributed by atoms with Gasteiger partial charge in [-0.2, -0.15) is 0 Å². The first kappa shape index (κ1) is 15.3. The zero-order valence-electron chi connectivity index (χ0n) is 11.0. The molecule has 0 spiro atoms. The van der Waals surface area contributed by atoms with Gasteiger partial charge >= 0.3 is 0 Å². The van der Waals surface area contributed by atoms with Crippen LogP contribution in [0.5, 0.6) is 11.5 Å². The maximum Gasteiger partial charge on any atom is 0.161 e. The average molecular weight is 286 g/mol. The molecule has 0 unspecified atom stereocenters. The minimum absolute atomic E-state index is 0.0406. The molecule has 0 aliphatic heterocycles. The van der Waals surface area contributed by atoms with Crippen LogP contribution in [0, 0.1) is 5.41 Å². The maximum atomic E-state index is 11.3. The summed E-state index contributed by atoms with van der Waals surface area (Å²) in [7, 11) is -1.58. The van der Waals surface area contributed by atoms with E-state index in [9.17, 15) is 8.42 Å². The second kappa shape index (κ2) is 6.42. The highest BCUT2D eigenvalue weighted by Crippen LogP contribution is 2.27. The number of hydrogen-bond acceptors (Lipinski definition) is 5. The number of sulfone groups is 1. The molecule has 19 heavy (non-hydrogen) atoms. The van der Waals surface area contributed by atoms with Crippen molar-refractivity contribution in [1.29, 1.82) is 5.41 Å². The predicted molar refractivity (Wildman–Crippen MR) is 73.8 cm³/mol. The smallest absolute Gasteiger partial charge is 0.161 e. The molecule has 1 rings (SSSR count). The van der Waals surface area contributed by atoms with Gasteiger partial charge in [0.05, 0.1) is 12.9 Å². The van der Waals surface area contributed by atoms with Gasteiger partial charge in [-0.05, 0) is 18.2 Å². The lowest BCUT2D eigenvalue weighted by atomic mass is 10.2. The second-order valence-corrected chi connectivity index (χ2v) is 6.34. The van der Waals surface area contributed by atoms with Crippen molar-refractivity contribution < 1.29 is 17.9 Å². The largest absolute Gasteiger partial charge is 0.493 e. The van der Waals surface area contributed by atoms with Crippen LogP contribution in [0.2, 0.25) is 0 Å². The molecule has 0 saturated carbocycles. The number of hydrogen-bond donors (Lipinski definition) is 2. The Balaban J connectivity index is 2.76. The van der Waals surface area contributed by atoms with Gasteiger partial charge in [-0.3, -0.25) is 5.41 Å². The molecule has 0 aromatic heterocycles. The van der Waals surface area contributed by atoms with E-state index in [2.05, 4.69) is 0 Å². The van der Waals surface area contributed by atoms with Crippen molar-refractivity contribution >= 4 is 15.7 Å². The van der Waals surface area contributed by atoms with Crippen molar-refractivity contribution in [2.24, 2.45) is 5.73 Å². The van der Waals surface area contributed by atoms with Crippen molar-refractivity contribution in [3.8, 4) is 11.5 Å². The van der Waals surface area contributed by atoms with Gasteiger partial charge in [0.25, 0.3) is 0 Å². The molecule has 0 radical (unpaired) electrons. The number of methoxy groups -OCH3 is 1. The Labute approximate surface area is 112 Å². The normalized spacial score (nSPS) is 11.1. The third-order valence-electron chi connectivity index (χ3n) is 2.57. The molecule has 1 aromatic rings. The molecule has 0 fully saturated rings. The van der Waals surface area contributed by atoms with Crippen LogP contribution in [-0.4, -0.2) is 39.5 Å². The summed E-state index contributed by atoms with van der Waals surface area (Å²) in [5.74, 6) is 0.830. The number of nitrogen functional groups attached to an aromatic ring is 1. The molecular weight excluding hydrogens is 268 g/mol. The van der Waals surface area contributed by atoms with Gasteiger partial charge in [0, 0.05) is 11.3 Å². The molecule has 0 aliphatic carbocycles. The number of amidine groups is 1. The molecule has 3 N–H and O–H groups in total. The highest BCUT2D eigenvalue weighted by atomic mass is 32.2. The van der Waals surface area contributed by atoms with E-state index >= 15 is 0 Å². The Morgan fingerprint density at radius 1 is 1.37 bits per heavy atom. The number of benzene rings is 1. The molecule has 0 bridgehead atoms. The van der Waals surface area contributed by atoms with E-state index in [0.29, 0.717) is 17.1 Å². The van der Waals surface area contributed by atoms with E-state index in [-0.39, 0.29) is 23.9 Å². The Bertz CT molecular complexity index is 555. The van der Waals surface area contributed by atoms with Gasteiger partial charge in [0.2, 0.25) is 0 Å². The molecule has 6 nitrogen and oxygen atoms in total. The summed E-state index contributed by atoms with van der Waals surface area (Å²) in [5, 5.41) is 7.32. The molecule has 1 aromatic carbocycles. The first-order chi connectivity index (χ1) is 8.89. The number of nitrogens with two attached hydrogens (primary N) is 1. The Morgan fingerprint density at radius 3 is 2.58 bits per heavy atom. The third-order valence-corrected chi connectivity index (χ3v) is 4.23. The highest BCUT2D eigenvalue weighted by molar-refractivity contribution is 7.91. The summed E-state index contributed by atoms with van der Waals surface area (Å²) in [5.41, 5.74) is 5.89. The Morgan fingerprint density at radius 2 is 2.05 bits per heavy atom. The number of rotatable bonds is 7. The van der Waals surface area contributed by atoms with Gasteiger partial charge in [0.1, 0.15) is 12.4 Å². The van der Waals surface area contributed by atoms with Crippen LogP contribution >= 0.6 is 0 Å². The maximum absolute atomic E-state index is 11.3. The minimum Gasteiger partial charge on any atom is -0.493 e. The SMILES string of the molecule is CCS(=O)(=O)CCOc1ccc(C(=N)N)cc1OC. The van der Waals surface area contributed by atoms with Crippen molar-refractivity contribution in [2.45, 2.75) is 6.92 Å². The van der Waals surface area contributed by atoms with Crippen molar-refractivity contribution in [1.82, 2.24) is 0 Å². The van der Waals surface area contributed by atoms with E-state index in [1.54, 1.807) is 25.1 Å². The number of nitrogens with one attached hydrogen (secondary N) is 1.